The molecule has 4 nitrogen and oxygen atoms in total. The van der Waals surface area contributed by atoms with Gasteiger partial charge in [0, 0.05) is 44.6 Å². The van der Waals surface area contributed by atoms with Gasteiger partial charge in [-0.3, -0.25) is 9.89 Å². The van der Waals surface area contributed by atoms with Gasteiger partial charge in [-0.05, 0) is 29.3 Å². The lowest BCUT2D eigenvalue weighted by Crippen LogP contribution is -2.43. The third-order valence-corrected chi connectivity index (χ3v) is 4.53. The normalized spacial score (nSPS) is 15.5. The molecule has 0 aliphatic carbocycles. The van der Waals surface area contributed by atoms with Crippen molar-refractivity contribution in [2.45, 2.75) is 26.8 Å². The molecule has 0 bridgehead atoms. The topological polar surface area (TPSA) is 39.7 Å². The summed E-state index contributed by atoms with van der Waals surface area (Å²) in [6.45, 7) is 9.64. The summed E-state index contributed by atoms with van der Waals surface area (Å²) in [4.78, 5) is 8.33. The molecule has 2 rings (SSSR count). The lowest BCUT2D eigenvalue weighted by molar-refractivity contribution is 0.260. The third-order valence-electron chi connectivity index (χ3n) is 3.51. The van der Waals surface area contributed by atoms with Gasteiger partial charge in [0.05, 0.1) is 0 Å². The number of thiophene rings is 1. The van der Waals surface area contributed by atoms with Gasteiger partial charge in [0.25, 0.3) is 0 Å². The summed E-state index contributed by atoms with van der Waals surface area (Å²) in [7, 11) is 1.83. The molecule has 0 spiro atoms. The number of rotatable bonds is 5. The van der Waals surface area contributed by atoms with Gasteiger partial charge in [-0.2, -0.15) is 0 Å². The molecule has 2 heterocycles. The Kier molecular flexibility index (Phi) is 8.58. The van der Waals surface area contributed by atoms with E-state index in [1.165, 1.54) is 18.5 Å². The number of nitrogens with one attached hydrogen (secondary N) is 2. The van der Waals surface area contributed by atoms with Crippen molar-refractivity contribution in [3.8, 4) is 0 Å². The molecule has 1 aromatic heterocycles. The van der Waals surface area contributed by atoms with E-state index in [0.717, 1.165) is 32.1 Å². The Hall–Kier alpha value is -0.340. The second kappa shape index (κ2) is 9.63. The summed E-state index contributed by atoms with van der Waals surface area (Å²) >= 11 is 1.90. The molecule has 0 unspecified atom stereocenters. The number of nitrogens with zero attached hydrogens (tertiary/aromatic N) is 2. The first kappa shape index (κ1) is 18.7. The second-order valence-electron chi connectivity index (χ2n) is 5.67. The van der Waals surface area contributed by atoms with E-state index in [0.29, 0.717) is 5.92 Å². The lowest BCUT2D eigenvalue weighted by atomic mass is 10.1. The number of hydrogen-bond acceptors (Lipinski definition) is 3. The Morgan fingerprint density at radius 1 is 1.43 bits per heavy atom. The summed E-state index contributed by atoms with van der Waals surface area (Å²) in [5, 5.41) is 8.94. The molecule has 1 aliphatic heterocycles. The average molecular weight is 422 g/mol. The van der Waals surface area contributed by atoms with Gasteiger partial charge in [0.1, 0.15) is 0 Å². The Labute approximate surface area is 149 Å². The highest BCUT2D eigenvalue weighted by Crippen LogP contribution is 2.23. The van der Waals surface area contributed by atoms with Gasteiger partial charge in [-0.15, -0.1) is 35.3 Å². The van der Waals surface area contributed by atoms with Crippen LogP contribution < -0.4 is 10.6 Å². The van der Waals surface area contributed by atoms with Gasteiger partial charge in [-0.1, -0.05) is 13.8 Å². The van der Waals surface area contributed by atoms with Crippen LogP contribution in [0.4, 0.5) is 0 Å². The van der Waals surface area contributed by atoms with Gasteiger partial charge in [0.2, 0.25) is 0 Å². The van der Waals surface area contributed by atoms with Crippen LogP contribution in [-0.2, 0) is 13.0 Å². The molecule has 0 radical (unpaired) electrons. The fourth-order valence-electron chi connectivity index (χ4n) is 2.35. The molecule has 0 saturated heterocycles. The van der Waals surface area contributed by atoms with Crippen molar-refractivity contribution < 1.29 is 0 Å². The van der Waals surface area contributed by atoms with Gasteiger partial charge >= 0.3 is 0 Å². The molecule has 0 amide bonds. The Morgan fingerprint density at radius 2 is 2.24 bits per heavy atom. The number of halogens is 1. The number of hydrogen-bond donors (Lipinski definition) is 2. The maximum Gasteiger partial charge on any atom is 0.191 e. The smallest absolute Gasteiger partial charge is 0.191 e. The van der Waals surface area contributed by atoms with Crippen molar-refractivity contribution in [3.05, 3.63) is 21.9 Å². The Morgan fingerprint density at radius 3 is 2.95 bits per heavy atom. The van der Waals surface area contributed by atoms with Gasteiger partial charge in [0.15, 0.2) is 5.96 Å². The van der Waals surface area contributed by atoms with Crippen LogP contribution in [-0.4, -0.2) is 44.1 Å². The molecule has 0 fully saturated rings. The fraction of sp³-hybridized carbons (Fsp3) is 0.667. The molecule has 1 aromatic rings. The summed E-state index contributed by atoms with van der Waals surface area (Å²) in [5.74, 6) is 1.54. The quantitative estimate of drug-likeness (QED) is 0.435. The van der Waals surface area contributed by atoms with Crippen LogP contribution in [0.5, 0.6) is 0 Å². The van der Waals surface area contributed by atoms with E-state index >= 15 is 0 Å². The molecular formula is C15H27IN4S. The van der Waals surface area contributed by atoms with Crippen molar-refractivity contribution in [2.24, 2.45) is 10.9 Å². The molecular weight excluding hydrogens is 395 g/mol. The van der Waals surface area contributed by atoms with E-state index in [4.69, 9.17) is 0 Å². The van der Waals surface area contributed by atoms with Gasteiger partial charge in [-0.25, -0.2) is 0 Å². The predicted octanol–water partition coefficient (Wildman–Crippen LogP) is 2.55. The van der Waals surface area contributed by atoms with Crippen LogP contribution in [0.2, 0.25) is 0 Å². The lowest BCUT2D eigenvalue weighted by Gasteiger charge is -2.27. The first-order valence-electron chi connectivity index (χ1n) is 7.41. The van der Waals surface area contributed by atoms with Crippen molar-refractivity contribution in [1.29, 1.82) is 0 Å². The van der Waals surface area contributed by atoms with E-state index in [9.17, 15) is 0 Å². The van der Waals surface area contributed by atoms with Crippen LogP contribution in [0.3, 0.4) is 0 Å². The largest absolute Gasteiger partial charge is 0.356 e. The zero-order valence-corrected chi connectivity index (χ0v) is 16.3. The summed E-state index contributed by atoms with van der Waals surface area (Å²) in [6, 6.07) is 2.27. The molecule has 1 aliphatic rings. The minimum absolute atomic E-state index is 0. The number of guanidine groups is 1. The first-order valence-corrected chi connectivity index (χ1v) is 8.29. The minimum Gasteiger partial charge on any atom is -0.356 e. The van der Waals surface area contributed by atoms with Crippen molar-refractivity contribution in [2.75, 3.05) is 33.2 Å². The summed E-state index contributed by atoms with van der Waals surface area (Å²) in [6.07, 6.45) is 1.20. The Balaban J connectivity index is 0.00000220. The second-order valence-corrected chi connectivity index (χ2v) is 6.67. The standard InChI is InChI=1S/C15H26N4S.HI/c1-12(2)10-18-15(16-3)17-6-8-19-7-4-14-13(11-19)5-9-20-14;/h5,9,12H,4,6-8,10-11H2,1-3H3,(H2,16,17,18);1H. The third kappa shape index (κ3) is 6.12. The van der Waals surface area contributed by atoms with Crippen LogP contribution in [0.1, 0.15) is 24.3 Å². The van der Waals surface area contributed by atoms with Crippen LogP contribution in [0.25, 0.3) is 0 Å². The average Bonchev–Trinajstić information content (AvgIpc) is 2.89. The van der Waals surface area contributed by atoms with E-state index < -0.39 is 0 Å². The minimum atomic E-state index is 0. The van der Waals surface area contributed by atoms with Crippen molar-refractivity contribution >= 4 is 41.3 Å². The SMILES string of the molecule is CN=C(NCCN1CCc2sccc2C1)NCC(C)C.I. The molecule has 6 heteroatoms. The maximum absolute atomic E-state index is 4.25. The molecule has 0 aromatic carbocycles. The zero-order chi connectivity index (χ0) is 14.4. The highest BCUT2D eigenvalue weighted by molar-refractivity contribution is 14.0. The highest BCUT2D eigenvalue weighted by Gasteiger charge is 2.16. The van der Waals surface area contributed by atoms with E-state index in [1.807, 2.05) is 18.4 Å². The van der Waals surface area contributed by atoms with E-state index in [2.05, 4.69) is 45.8 Å². The summed E-state index contributed by atoms with van der Waals surface area (Å²) < 4.78 is 0. The van der Waals surface area contributed by atoms with Crippen molar-refractivity contribution in [1.82, 2.24) is 15.5 Å². The zero-order valence-electron chi connectivity index (χ0n) is 13.2. The summed E-state index contributed by atoms with van der Waals surface area (Å²) in [5.41, 5.74) is 1.52. The number of aliphatic imine (C=N–C) groups is 1. The monoisotopic (exact) mass is 422 g/mol. The van der Waals surface area contributed by atoms with Crippen LogP contribution >= 0.6 is 35.3 Å². The molecule has 0 saturated carbocycles. The Bertz CT molecular complexity index is 445. The first-order chi connectivity index (χ1) is 9.69. The molecule has 2 N–H and O–H groups in total. The highest BCUT2D eigenvalue weighted by atomic mass is 127. The number of fused-ring (bicyclic) bond motifs is 1. The fourth-order valence-corrected chi connectivity index (χ4v) is 3.24. The predicted molar refractivity (Wildman–Crippen MR) is 103 cm³/mol. The van der Waals surface area contributed by atoms with E-state index in [-0.39, 0.29) is 24.0 Å². The van der Waals surface area contributed by atoms with Crippen LogP contribution in [0, 0.1) is 5.92 Å². The molecule has 0 atom stereocenters. The van der Waals surface area contributed by atoms with Gasteiger partial charge < -0.3 is 10.6 Å². The maximum atomic E-state index is 4.25. The van der Waals surface area contributed by atoms with E-state index in [1.54, 1.807) is 4.88 Å². The molecule has 21 heavy (non-hydrogen) atoms. The molecule has 120 valence electrons. The van der Waals surface area contributed by atoms with Crippen LogP contribution in [0.15, 0.2) is 16.4 Å². The van der Waals surface area contributed by atoms with Crippen molar-refractivity contribution in [3.63, 3.8) is 0 Å².